The fourth-order valence-corrected chi connectivity index (χ4v) is 3.49. The van der Waals surface area contributed by atoms with Gasteiger partial charge in [0.1, 0.15) is 5.82 Å². The maximum absolute atomic E-state index is 12.7. The fourth-order valence-electron chi connectivity index (χ4n) is 3.49. The van der Waals surface area contributed by atoms with Gasteiger partial charge in [0.2, 0.25) is 0 Å². The molecule has 1 aliphatic heterocycles. The van der Waals surface area contributed by atoms with Crippen molar-refractivity contribution in [1.29, 1.82) is 0 Å². The number of tetrazole rings is 1. The van der Waals surface area contributed by atoms with Crippen LogP contribution >= 0.6 is 0 Å². The van der Waals surface area contributed by atoms with Gasteiger partial charge in [0, 0.05) is 17.8 Å². The van der Waals surface area contributed by atoms with E-state index in [-0.39, 0.29) is 5.91 Å². The average Bonchev–Trinajstić information content (AvgIpc) is 3.36. The summed E-state index contributed by atoms with van der Waals surface area (Å²) in [5.74, 6) is 0.662. The Morgan fingerprint density at radius 3 is 2.50 bits per heavy atom. The summed E-state index contributed by atoms with van der Waals surface area (Å²) in [6.07, 6.45) is 2.51. The number of benzene rings is 2. The van der Waals surface area contributed by atoms with E-state index in [1.165, 1.54) is 12.8 Å². The first-order valence-corrected chi connectivity index (χ1v) is 9.62. The molecule has 7 nitrogen and oxygen atoms in total. The number of hydrogen-bond donors (Lipinski definition) is 1. The molecule has 1 aliphatic rings. The van der Waals surface area contributed by atoms with Crippen LogP contribution in [-0.2, 0) is 13.1 Å². The highest BCUT2D eigenvalue weighted by molar-refractivity contribution is 6.04. The average molecular weight is 376 g/mol. The van der Waals surface area contributed by atoms with Gasteiger partial charge in [-0.05, 0) is 72.6 Å². The van der Waals surface area contributed by atoms with Crippen LogP contribution in [0.3, 0.4) is 0 Å². The Bertz CT molecular complexity index is 944. The first kappa shape index (κ1) is 18.3. The molecule has 0 radical (unpaired) electrons. The number of para-hydroxylation sites is 1. The number of nitrogens with zero attached hydrogens (tertiary/aromatic N) is 5. The zero-order chi connectivity index (χ0) is 19.3. The molecule has 28 heavy (non-hydrogen) atoms. The number of amides is 1. The molecule has 1 fully saturated rings. The number of aryl methyl sites for hydroxylation is 1. The third-order valence-corrected chi connectivity index (χ3v) is 5.12. The number of carbonyl (C=O) groups is 1. The molecular weight excluding hydrogens is 352 g/mol. The van der Waals surface area contributed by atoms with Crippen LogP contribution in [0.2, 0.25) is 0 Å². The van der Waals surface area contributed by atoms with Crippen LogP contribution in [0.15, 0.2) is 48.5 Å². The maximum Gasteiger partial charge on any atom is 0.255 e. The summed E-state index contributed by atoms with van der Waals surface area (Å²) in [5.41, 5.74) is 3.71. The van der Waals surface area contributed by atoms with Gasteiger partial charge in [-0.2, -0.15) is 0 Å². The standard InChI is InChI=1S/C21H24N6O/c1-16-23-24-25-27(16)14-17-8-10-18(11-9-17)21(28)22-20-7-3-2-6-19(20)15-26-12-4-5-13-26/h2-3,6-11H,4-5,12-15H2,1H3,(H,22,28). The van der Waals surface area contributed by atoms with Crippen molar-refractivity contribution in [3.8, 4) is 0 Å². The molecule has 1 N–H and O–H groups in total. The van der Waals surface area contributed by atoms with Crippen LogP contribution in [0.1, 0.15) is 40.2 Å². The molecule has 4 rings (SSSR count). The minimum Gasteiger partial charge on any atom is -0.322 e. The number of aromatic nitrogens is 4. The van der Waals surface area contributed by atoms with E-state index in [2.05, 4.69) is 31.8 Å². The summed E-state index contributed by atoms with van der Waals surface area (Å²) in [6, 6.07) is 15.6. The number of nitrogens with one attached hydrogen (secondary N) is 1. The lowest BCUT2D eigenvalue weighted by Crippen LogP contribution is -2.20. The van der Waals surface area contributed by atoms with Crippen LogP contribution < -0.4 is 5.32 Å². The predicted molar refractivity (Wildman–Crippen MR) is 107 cm³/mol. The van der Waals surface area contributed by atoms with Gasteiger partial charge >= 0.3 is 0 Å². The van der Waals surface area contributed by atoms with Gasteiger partial charge in [-0.3, -0.25) is 9.69 Å². The van der Waals surface area contributed by atoms with Crippen LogP contribution in [0, 0.1) is 6.92 Å². The van der Waals surface area contributed by atoms with Gasteiger partial charge in [0.05, 0.1) is 6.54 Å². The van der Waals surface area contributed by atoms with Crippen molar-refractivity contribution >= 4 is 11.6 Å². The van der Waals surface area contributed by atoms with E-state index in [1.54, 1.807) is 4.68 Å². The first-order valence-electron chi connectivity index (χ1n) is 9.62. The zero-order valence-electron chi connectivity index (χ0n) is 16.0. The van der Waals surface area contributed by atoms with Gasteiger partial charge in [0.25, 0.3) is 5.91 Å². The van der Waals surface area contributed by atoms with Gasteiger partial charge in [-0.25, -0.2) is 4.68 Å². The Morgan fingerprint density at radius 1 is 1.04 bits per heavy atom. The Kier molecular flexibility index (Phi) is 5.43. The SMILES string of the molecule is Cc1nnnn1Cc1ccc(C(=O)Nc2ccccc2CN2CCCC2)cc1. The molecule has 1 aromatic heterocycles. The van der Waals surface area contributed by atoms with Crippen molar-refractivity contribution in [1.82, 2.24) is 25.1 Å². The van der Waals surface area contributed by atoms with E-state index in [4.69, 9.17) is 0 Å². The monoisotopic (exact) mass is 376 g/mol. The van der Waals surface area contributed by atoms with E-state index in [0.29, 0.717) is 12.1 Å². The predicted octanol–water partition coefficient (Wildman–Crippen LogP) is 2.88. The highest BCUT2D eigenvalue weighted by Gasteiger charge is 2.15. The smallest absolute Gasteiger partial charge is 0.255 e. The lowest BCUT2D eigenvalue weighted by atomic mass is 10.1. The van der Waals surface area contributed by atoms with Gasteiger partial charge in [0.15, 0.2) is 0 Å². The molecule has 0 aliphatic carbocycles. The molecule has 0 bridgehead atoms. The molecule has 2 heterocycles. The van der Waals surface area contributed by atoms with E-state index < -0.39 is 0 Å². The third-order valence-electron chi connectivity index (χ3n) is 5.12. The third kappa shape index (κ3) is 4.26. The molecule has 7 heteroatoms. The molecule has 2 aromatic carbocycles. The summed E-state index contributed by atoms with van der Waals surface area (Å²) in [7, 11) is 0. The van der Waals surface area contributed by atoms with Crippen molar-refractivity contribution in [3.05, 3.63) is 71.0 Å². The first-order chi connectivity index (χ1) is 13.7. The highest BCUT2D eigenvalue weighted by Crippen LogP contribution is 2.21. The quantitative estimate of drug-likeness (QED) is 0.716. The second-order valence-corrected chi connectivity index (χ2v) is 7.18. The fraction of sp³-hybridized carbons (Fsp3) is 0.333. The van der Waals surface area contributed by atoms with Gasteiger partial charge in [-0.1, -0.05) is 30.3 Å². The van der Waals surface area contributed by atoms with Gasteiger partial charge in [-0.15, -0.1) is 5.10 Å². The summed E-state index contributed by atoms with van der Waals surface area (Å²) >= 11 is 0. The maximum atomic E-state index is 12.7. The summed E-state index contributed by atoms with van der Waals surface area (Å²) in [6.45, 7) is 5.58. The normalized spacial score (nSPS) is 14.3. The molecule has 0 saturated carbocycles. The number of likely N-dealkylation sites (tertiary alicyclic amines) is 1. The minimum atomic E-state index is -0.0981. The summed E-state index contributed by atoms with van der Waals surface area (Å²) in [4.78, 5) is 15.2. The molecule has 1 amide bonds. The molecular formula is C21H24N6O. The van der Waals surface area contributed by atoms with E-state index in [1.807, 2.05) is 49.4 Å². The zero-order valence-corrected chi connectivity index (χ0v) is 16.0. The van der Waals surface area contributed by atoms with Crippen LogP contribution in [-0.4, -0.2) is 44.1 Å². The largest absolute Gasteiger partial charge is 0.322 e. The molecule has 0 unspecified atom stereocenters. The highest BCUT2D eigenvalue weighted by atomic mass is 16.1. The summed E-state index contributed by atoms with van der Waals surface area (Å²) < 4.78 is 1.73. The van der Waals surface area contributed by atoms with Crippen LogP contribution in [0.5, 0.6) is 0 Å². The molecule has 0 spiro atoms. The number of carbonyl (C=O) groups excluding carboxylic acids is 1. The number of hydrogen-bond acceptors (Lipinski definition) is 5. The van der Waals surface area contributed by atoms with E-state index >= 15 is 0 Å². The van der Waals surface area contributed by atoms with Crippen molar-refractivity contribution in [3.63, 3.8) is 0 Å². The molecule has 3 aromatic rings. The van der Waals surface area contributed by atoms with Crippen molar-refractivity contribution in [2.45, 2.75) is 32.9 Å². The van der Waals surface area contributed by atoms with Crippen molar-refractivity contribution < 1.29 is 4.79 Å². The van der Waals surface area contributed by atoms with Crippen LogP contribution in [0.25, 0.3) is 0 Å². The Balaban J connectivity index is 1.43. The lowest BCUT2D eigenvalue weighted by Gasteiger charge is -2.18. The van der Waals surface area contributed by atoms with Gasteiger partial charge < -0.3 is 5.32 Å². The van der Waals surface area contributed by atoms with E-state index in [0.717, 1.165) is 42.3 Å². The number of rotatable bonds is 6. The Labute approximate surface area is 164 Å². The Hall–Kier alpha value is -3.06. The molecule has 144 valence electrons. The summed E-state index contributed by atoms with van der Waals surface area (Å²) in [5, 5.41) is 14.6. The minimum absolute atomic E-state index is 0.0981. The second kappa shape index (κ2) is 8.31. The van der Waals surface area contributed by atoms with Crippen molar-refractivity contribution in [2.24, 2.45) is 0 Å². The van der Waals surface area contributed by atoms with Crippen LogP contribution in [0.4, 0.5) is 5.69 Å². The topological polar surface area (TPSA) is 75.9 Å². The molecule has 1 saturated heterocycles. The van der Waals surface area contributed by atoms with Crippen molar-refractivity contribution in [2.75, 3.05) is 18.4 Å². The molecule has 0 atom stereocenters. The second-order valence-electron chi connectivity index (χ2n) is 7.18. The Morgan fingerprint density at radius 2 is 1.79 bits per heavy atom. The number of anilines is 1. The van der Waals surface area contributed by atoms with E-state index in [9.17, 15) is 4.79 Å². The lowest BCUT2D eigenvalue weighted by molar-refractivity contribution is 0.102.